The number of hydrogen-bond donors (Lipinski definition) is 2. The van der Waals surface area contributed by atoms with E-state index in [1.165, 1.54) is 0 Å². The molecule has 3 rings (SSSR count). The first-order valence-corrected chi connectivity index (χ1v) is 7.83. The minimum Gasteiger partial charge on any atom is -0.376 e. The molecular formula is C16H21N5O2. The summed E-state index contributed by atoms with van der Waals surface area (Å²) in [6.45, 7) is 3.18. The molecule has 7 nitrogen and oxygen atoms in total. The van der Waals surface area contributed by atoms with Crippen LogP contribution in [0.2, 0.25) is 0 Å². The van der Waals surface area contributed by atoms with Crippen molar-refractivity contribution in [2.75, 3.05) is 6.61 Å². The molecule has 0 aromatic carbocycles. The van der Waals surface area contributed by atoms with Gasteiger partial charge in [-0.25, -0.2) is 14.5 Å². The first-order valence-electron chi connectivity index (χ1n) is 7.83. The number of nitrogens with zero attached hydrogens (tertiary/aromatic N) is 3. The van der Waals surface area contributed by atoms with Crippen LogP contribution < -0.4 is 10.6 Å². The Morgan fingerprint density at radius 1 is 1.52 bits per heavy atom. The Bertz CT molecular complexity index is 638. The van der Waals surface area contributed by atoms with Crippen molar-refractivity contribution in [2.24, 2.45) is 0 Å². The Balaban J connectivity index is 1.51. The Labute approximate surface area is 135 Å². The lowest BCUT2D eigenvalue weighted by Gasteiger charge is -2.20. The lowest BCUT2D eigenvalue weighted by molar-refractivity contribution is 0.0860. The van der Waals surface area contributed by atoms with Crippen LogP contribution in [0.3, 0.4) is 0 Å². The number of carbonyl (C=O) groups is 1. The molecule has 0 unspecified atom stereocenters. The van der Waals surface area contributed by atoms with Gasteiger partial charge < -0.3 is 15.4 Å². The first kappa shape index (κ1) is 15.5. The number of nitrogens with one attached hydrogen (secondary N) is 2. The number of urea groups is 1. The zero-order chi connectivity index (χ0) is 16.1. The second kappa shape index (κ2) is 7.23. The van der Waals surface area contributed by atoms with Gasteiger partial charge in [-0.1, -0.05) is 0 Å². The summed E-state index contributed by atoms with van der Waals surface area (Å²) in [5, 5.41) is 9.94. The molecular weight excluding hydrogens is 294 g/mol. The maximum Gasteiger partial charge on any atom is 0.315 e. The molecule has 0 radical (unpaired) electrons. The van der Waals surface area contributed by atoms with Gasteiger partial charge in [0.2, 0.25) is 0 Å². The molecule has 2 aromatic heterocycles. The lowest BCUT2D eigenvalue weighted by Crippen LogP contribution is -2.45. The summed E-state index contributed by atoms with van der Waals surface area (Å²) in [6, 6.07) is 5.43. The van der Waals surface area contributed by atoms with E-state index in [2.05, 4.69) is 20.7 Å². The highest BCUT2D eigenvalue weighted by atomic mass is 16.5. The minimum absolute atomic E-state index is 0.00887. The Morgan fingerprint density at radius 3 is 3.17 bits per heavy atom. The van der Waals surface area contributed by atoms with E-state index in [0.29, 0.717) is 6.54 Å². The van der Waals surface area contributed by atoms with Gasteiger partial charge in [0.25, 0.3) is 0 Å². The van der Waals surface area contributed by atoms with E-state index in [0.717, 1.165) is 30.8 Å². The van der Waals surface area contributed by atoms with Crippen LogP contribution in [0.25, 0.3) is 5.82 Å². The van der Waals surface area contributed by atoms with E-state index in [9.17, 15) is 4.79 Å². The van der Waals surface area contributed by atoms with Crippen molar-refractivity contribution in [3.63, 3.8) is 0 Å². The number of aromatic nitrogens is 3. The summed E-state index contributed by atoms with van der Waals surface area (Å²) >= 11 is 0. The Morgan fingerprint density at radius 2 is 2.43 bits per heavy atom. The molecule has 2 amide bonds. The zero-order valence-corrected chi connectivity index (χ0v) is 13.1. The molecule has 1 saturated heterocycles. The monoisotopic (exact) mass is 315 g/mol. The molecule has 1 aliphatic rings. The van der Waals surface area contributed by atoms with Crippen LogP contribution in [0, 0.1) is 0 Å². The molecule has 0 saturated carbocycles. The van der Waals surface area contributed by atoms with Gasteiger partial charge in [-0.2, -0.15) is 5.10 Å². The average Bonchev–Trinajstić information content (AvgIpc) is 3.26. The standard InChI is InChI=1S/C16H21N5O2/c1-12(14-4-2-9-23-14)20-16(22)18-11-13-5-7-17-15(10-13)21-8-3-6-19-21/h3,5-8,10,12,14H,2,4,9,11H2,1H3,(H2,18,20,22)/t12-,14+/m1/s1. The molecule has 1 aliphatic heterocycles. The lowest BCUT2D eigenvalue weighted by atomic mass is 10.1. The van der Waals surface area contributed by atoms with Gasteiger partial charge in [0.15, 0.2) is 5.82 Å². The fourth-order valence-electron chi connectivity index (χ4n) is 2.63. The molecule has 0 bridgehead atoms. The van der Waals surface area contributed by atoms with Crippen LogP contribution >= 0.6 is 0 Å². The van der Waals surface area contributed by atoms with Crippen LogP contribution in [0.5, 0.6) is 0 Å². The molecule has 0 aliphatic carbocycles. The quantitative estimate of drug-likeness (QED) is 0.879. The number of carbonyl (C=O) groups excluding carboxylic acids is 1. The highest BCUT2D eigenvalue weighted by molar-refractivity contribution is 5.74. The second-order valence-electron chi connectivity index (χ2n) is 5.64. The Hall–Kier alpha value is -2.41. The van der Waals surface area contributed by atoms with E-state index in [4.69, 9.17) is 4.74 Å². The highest BCUT2D eigenvalue weighted by Gasteiger charge is 2.23. The van der Waals surface area contributed by atoms with Crippen molar-refractivity contribution in [2.45, 2.75) is 38.5 Å². The highest BCUT2D eigenvalue weighted by Crippen LogP contribution is 2.15. The zero-order valence-electron chi connectivity index (χ0n) is 13.1. The summed E-state index contributed by atoms with van der Waals surface area (Å²) < 4.78 is 7.26. The van der Waals surface area contributed by atoms with Gasteiger partial charge in [-0.3, -0.25) is 0 Å². The maximum absolute atomic E-state index is 12.0. The minimum atomic E-state index is -0.189. The fraction of sp³-hybridized carbons (Fsp3) is 0.438. The van der Waals surface area contributed by atoms with Gasteiger partial charge in [-0.05, 0) is 43.5 Å². The molecule has 0 spiro atoms. The van der Waals surface area contributed by atoms with Crippen LogP contribution in [0.4, 0.5) is 4.79 Å². The van der Waals surface area contributed by atoms with E-state index < -0.39 is 0 Å². The molecule has 1 fully saturated rings. The number of rotatable bonds is 5. The third kappa shape index (κ3) is 4.07. The Kier molecular flexibility index (Phi) is 4.87. The third-order valence-electron chi connectivity index (χ3n) is 3.88. The van der Waals surface area contributed by atoms with Crippen molar-refractivity contribution >= 4 is 6.03 Å². The molecule has 7 heteroatoms. The van der Waals surface area contributed by atoms with Gasteiger partial charge in [-0.15, -0.1) is 0 Å². The molecule has 2 aromatic rings. The predicted molar refractivity (Wildman–Crippen MR) is 85.2 cm³/mol. The predicted octanol–water partition coefficient (Wildman–Crippen LogP) is 1.63. The summed E-state index contributed by atoms with van der Waals surface area (Å²) in [7, 11) is 0. The fourth-order valence-corrected chi connectivity index (χ4v) is 2.63. The number of amides is 2. The van der Waals surface area contributed by atoms with Gasteiger partial charge in [0.05, 0.1) is 12.1 Å². The van der Waals surface area contributed by atoms with E-state index in [1.807, 2.05) is 31.3 Å². The average molecular weight is 315 g/mol. The van der Waals surface area contributed by atoms with Crippen LogP contribution in [0.15, 0.2) is 36.8 Å². The van der Waals surface area contributed by atoms with Crippen molar-refractivity contribution < 1.29 is 9.53 Å². The number of hydrogen-bond acceptors (Lipinski definition) is 4. The van der Waals surface area contributed by atoms with E-state index >= 15 is 0 Å². The van der Waals surface area contributed by atoms with Crippen LogP contribution in [-0.2, 0) is 11.3 Å². The molecule has 2 N–H and O–H groups in total. The van der Waals surface area contributed by atoms with Gasteiger partial charge in [0.1, 0.15) is 0 Å². The van der Waals surface area contributed by atoms with Gasteiger partial charge in [0, 0.05) is 31.7 Å². The van der Waals surface area contributed by atoms with E-state index in [1.54, 1.807) is 17.1 Å². The molecule has 122 valence electrons. The summed E-state index contributed by atoms with van der Waals surface area (Å²) in [4.78, 5) is 16.3. The second-order valence-corrected chi connectivity index (χ2v) is 5.64. The van der Waals surface area contributed by atoms with Gasteiger partial charge >= 0.3 is 6.03 Å². The molecule has 23 heavy (non-hydrogen) atoms. The normalized spacial score (nSPS) is 18.6. The van der Waals surface area contributed by atoms with Crippen LogP contribution in [-0.4, -0.2) is 39.5 Å². The van der Waals surface area contributed by atoms with E-state index in [-0.39, 0.29) is 18.2 Å². The topological polar surface area (TPSA) is 81.1 Å². The SMILES string of the molecule is C[C@@H](NC(=O)NCc1ccnc(-n2cccn2)c1)[C@@H]1CCCO1. The van der Waals surface area contributed by atoms with Crippen molar-refractivity contribution in [3.05, 3.63) is 42.4 Å². The molecule has 2 atom stereocenters. The van der Waals surface area contributed by atoms with Crippen molar-refractivity contribution in [1.29, 1.82) is 0 Å². The largest absolute Gasteiger partial charge is 0.376 e. The number of ether oxygens (including phenoxy) is 1. The third-order valence-corrected chi connectivity index (χ3v) is 3.88. The van der Waals surface area contributed by atoms with Crippen molar-refractivity contribution in [3.8, 4) is 5.82 Å². The number of pyridine rings is 1. The summed E-state index contributed by atoms with van der Waals surface area (Å²) in [6.07, 6.45) is 7.42. The first-order chi connectivity index (χ1) is 11.2. The molecule has 3 heterocycles. The summed E-state index contributed by atoms with van der Waals surface area (Å²) in [5.41, 5.74) is 0.963. The summed E-state index contributed by atoms with van der Waals surface area (Å²) in [5.74, 6) is 0.724. The maximum atomic E-state index is 12.0. The van der Waals surface area contributed by atoms with Crippen molar-refractivity contribution in [1.82, 2.24) is 25.4 Å². The smallest absolute Gasteiger partial charge is 0.315 e. The van der Waals surface area contributed by atoms with Crippen LogP contribution in [0.1, 0.15) is 25.3 Å².